The van der Waals surface area contributed by atoms with Crippen molar-refractivity contribution >= 4 is 23.8 Å². The van der Waals surface area contributed by atoms with Crippen LogP contribution in [0.25, 0.3) is 0 Å². The minimum absolute atomic E-state index is 0.418. The summed E-state index contributed by atoms with van der Waals surface area (Å²) in [7, 11) is 0. The predicted molar refractivity (Wildman–Crippen MR) is 109 cm³/mol. The largest absolute Gasteiger partial charge is 0.490 e. The van der Waals surface area contributed by atoms with Crippen molar-refractivity contribution in [2.45, 2.75) is 27.0 Å². The molecule has 0 aliphatic carbocycles. The van der Waals surface area contributed by atoms with E-state index in [4.69, 9.17) is 33.3 Å². The third-order valence-electron chi connectivity index (χ3n) is 3.87. The van der Waals surface area contributed by atoms with Crippen molar-refractivity contribution in [2.24, 2.45) is 0 Å². The number of nitrogens with zero attached hydrogens (tertiary/aromatic N) is 2. The van der Waals surface area contributed by atoms with Gasteiger partial charge in [0.1, 0.15) is 12.4 Å². The summed E-state index contributed by atoms with van der Waals surface area (Å²) in [6.07, 6.45) is 0. The van der Waals surface area contributed by atoms with Crippen LogP contribution in [0.4, 0.5) is 0 Å². The van der Waals surface area contributed by atoms with Gasteiger partial charge in [0, 0.05) is 5.02 Å². The minimum atomic E-state index is 0.418. The second kappa shape index (κ2) is 8.92. The molecule has 1 aromatic heterocycles. The number of nitrogens with one attached hydrogen (secondary N) is 2. The fraction of sp³-hybridized carbons (Fsp3) is 0.263. The molecule has 3 aromatic rings. The van der Waals surface area contributed by atoms with Crippen molar-refractivity contribution in [1.82, 2.24) is 14.9 Å². The van der Waals surface area contributed by atoms with Crippen LogP contribution < -0.4 is 14.9 Å². The first-order chi connectivity index (χ1) is 13.1. The second-order valence-electron chi connectivity index (χ2n) is 5.88. The van der Waals surface area contributed by atoms with E-state index in [0.717, 1.165) is 17.0 Å². The highest BCUT2D eigenvalue weighted by Crippen LogP contribution is 2.29. The predicted octanol–water partition coefficient (Wildman–Crippen LogP) is 4.62. The summed E-state index contributed by atoms with van der Waals surface area (Å²) in [4.78, 5) is 0. The van der Waals surface area contributed by atoms with Crippen molar-refractivity contribution in [3.63, 3.8) is 0 Å². The highest BCUT2D eigenvalue weighted by Gasteiger charge is 2.08. The lowest BCUT2D eigenvalue weighted by Gasteiger charge is -2.14. The maximum absolute atomic E-state index is 6.02. The van der Waals surface area contributed by atoms with Gasteiger partial charge in [0.05, 0.1) is 13.2 Å². The smallest absolute Gasteiger partial charge is 0.214 e. The van der Waals surface area contributed by atoms with E-state index in [0.29, 0.717) is 41.1 Å². The molecule has 0 aliphatic heterocycles. The number of benzene rings is 2. The van der Waals surface area contributed by atoms with Gasteiger partial charge in [0.2, 0.25) is 4.77 Å². The lowest BCUT2D eigenvalue weighted by molar-refractivity contribution is 0.269. The molecule has 0 spiro atoms. The van der Waals surface area contributed by atoms with Crippen molar-refractivity contribution < 1.29 is 9.47 Å². The van der Waals surface area contributed by atoms with Gasteiger partial charge >= 0.3 is 0 Å². The molecule has 0 radical (unpaired) electrons. The number of aryl methyl sites for hydroxylation is 1. The summed E-state index contributed by atoms with van der Waals surface area (Å²) >= 11 is 11.2. The van der Waals surface area contributed by atoms with Crippen LogP contribution in [-0.2, 0) is 13.2 Å². The molecule has 8 heteroatoms. The van der Waals surface area contributed by atoms with Gasteiger partial charge < -0.3 is 14.9 Å². The summed E-state index contributed by atoms with van der Waals surface area (Å²) in [6, 6.07) is 13.5. The molecule has 6 nitrogen and oxygen atoms in total. The third kappa shape index (κ3) is 5.02. The summed E-state index contributed by atoms with van der Waals surface area (Å²) < 4.78 is 13.9. The molecule has 0 aliphatic rings. The topological polar surface area (TPSA) is 64.1 Å². The summed E-state index contributed by atoms with van der Waals surface area (Å²) in [5.74, 6) is 2.16. The molecule has 3 rings (SSSR count). The van der Waals surface area contributed by atoms with Gasteiger partial charge in [0.25, 0.3) is 0 Å². The van der Waals surface area contributed by atoms with Crippen LogP contribution in [0.3, 0.4) is 0 Å². The first-order valence-corrected chi connectivity index (χ1v) is 9.36. The Bertz CT molecular complexity index is 970. The second-order valence-corrected chi connectivity index (χ2v) is 6.70. The molecule has 2 aromatic carbocycles. The van der Waals surface area contributed by atoms with Crippen LogP contribution in [0, 0.1) is 11.7 Å². The number of halogens is 1. The maximum Gasteiger partial charge on any atom is 0.214 e. The van der Waals surface area contributed by atoms with Gasteiger partial charge in [-0.3, -0.25) is 5.10 Å². The van der Waals surface area contributed by atoms with E-state index in [1.165, 1.54) is 0 Å². The quantitative estimate of drug-likeness (QED) is 0.536. The van der Waals surface area contributed by atoms with Gasteiger partial charge in [0.15, 0.2) is 11.5 Å². The van der Waals surface area contributed by atoms with E-state index < -0.39 is 0 Å². The molecule has 0 saturated heterocycles. The number of rotatable bonds is 8. The Labute approximate surface area is 168 Å². The summed E-state index contributed by atoms with van der Waals surface area (Å²) in [5.41, 5.74) is 5.28. The van der Waals surface area contributed by atoms with Gasteiger partial charge in [-0.1, -0.05) is 29.8 Å². The maximum atomic E-state index is 6.02. The molecular formula is C19H21ClN4O2S. The monoisotopic (exact) mass is 404 g/mol. The number of H-pyrrole nitrogens is 1. The Balaban J connectivity index is 1.71. The zero-order valence-corrected chi connectivity index (χ0v) is 16.7. The van der Waals surface area contributed by atoms with Crippen molar-refractivity contribution in [2.75, 3.05) is 12.0 Å². The molecule has 0 atom stereocenters. The summed E-state index contributed by atoms with van der Waals surface area (Å²) in [6.45, 7) is 5.36. The first-order valence-electron chi connectivity index (χ1n) is 8.57. The third-order valence-corrected chi connectivity index (χ3v) is 4.38. The highest BCUT2D eigenvalue weighted by atomic mass is 35.5. The molecule has 1 heterocycles. The van der Waals surface area contributed by atoms with Crippen LogP contribution in [-0.4, -0.2) is 21.5 Å². The Hall–Kier alpha value is -2.51. The molecule has 0 saturated carbocycles. The average Bonchev–Trinajstić information content (AvgIpc) is 2.97. The van der Waals surface area contributed by atoms with E-state index in [-0.39, 0.29) is 0 Å². The van der Waals surface area contributed by atoms with Gasteiger partial charge in [-0.2, -0.15) is 5.10 Å². The average molecular weight is 405 g/mol. The van der Waals surface area contributed by atoms with Crippen LogP contribution in [0.5, 0.6) is 11.5 Å². The van der Waals surface area contributed by atoms with Crippen molar-refractivity contribution in [1.29, 1.82) is 0 Å². The van der Waals surface area contributed by atoms with E-state index in [1.54, 1.807) is 4.68 Å². The Morgan fingerprint density at radius 2 is 2.00 bits per heavy atom. The number of aromatic amines is 1. The number of hydrogen-bond acceptors (Lipinski definition) is 5. The standard InChI is InChI=1S/C19H21ClN4O2S/c1-3-25-18-10-14(11-21-24-13(2)22-23-19(24)27)7-8-17(18)26-12-15-5-4-6-16(20)9-15/h4-10,21H,3,11-12H2,1-2H3,(H,23,27). The van der Waals surface area contributed by atoms with Gasteiger partial charge in [-0.25, -0.2) is 4.68 Å². The fourth-order valence-corrected chi connectivity index (χ4v) is 3.03. The van der Waals surface area contributed by atoms with Crippen molar-refractivity contribution in [3.8, 4) is 11.5 Å². The molecule has 0 amide bonds. The normalized spacial score (nSPS) is 10.6. The minimum Gasteiger partial charge on any atom is -0.490 e. The Morgan fingerprint density at radius 3 is 2.70 bits per heavy atom. The van der Waals surface area contributed by atoms with Crippen LogP contribution >= 0.6 is 23.8 Å². The van der Waals surface area contributed by atoms with E-state index in [2.05, 4.69) is 15.6 Å². The highest BCUT2D eigenvalue weighted by molar-refractivity contribution is 7.71. The molecule has 27 heavy (non-hydrogen) atoms. The molecule has 0 unspecified atom stereocenters. The molecule has 142 valence electrons. The van der Waals surface area contributed by atoms with Crippen LogP contribution in [0.15, 0.2) is 42.5 Å². The lowest BCUT2D eigenvalue weighted by Crippen LogP contribution is -2.16. The molecule has 0 fully saturated rings. The first kappa shape index (κ1) is 19.3. The SMILES string of the molecule is CCOc1cc(CNn2c(C)n[nH]c2=S)ccc1OCc1cccc(Cl)c1. The Morgan fingerprint density at radius 1 is 1.15 bits per heavy atom. The number of aromatic nitrogens is 3. The lowest BCUT2D eigenvalue weighted by atomic mass is 10.2. The van der Waals surface area contributed by atoms with Crippen molar-refractivity contribution in [3.05, 3.63) is 69.2 Å². The van der Waals surface area contributed by atoms with Gasteiger partial charge in [-0.05, 0) is 61.5 Å². The van der Waals surface area contributed by atoms with Crippen LogP contribution in [0.2, 0.25) is 5.02 Å². The zero-order valence-electron chi connectivity index (χ0n) is 15.2. The fourth-order valence-electron chi connectivity index (χ4n) is 2.57. The van der Waals surface area contributed by atoms with Crippen LogP contribution in [0.1, 0.15) is 23.9 Å². The number of hydrogen-bond donors (Lipinski definition) is 2. The Kier molecular flexibility index (Phi) is 6.36. The van der Waals surface area contributed by atoms with Gasteiger partial charge in [-0.15, -0.1) is 0 Å². The van der Waals surface area contributed by atoms with E-state index >= 15 is 0 Å². The van der Waals surface area contributed by atoms with E-state index in [1.807, 2.05) is 56.3 Å². The molecule has 0 bridgehead atoms. The zero-order chi connectivity index (χ0) is 19.2. The molecule has 2 N–H and O–H groups in total. The summed E-state index contributed by atoms with van der Waals surface area (Å²) in [5, 5.41) is 7.52. The molecular weight excluding hydrogens is 384 g/mol. The van der Waals surface area contributed by atoms with E-state index in [9.17, 15) is 0 Å². The number of ether oxygens (including phenoxy) is 2.